The van der Waals surface area contributed by atoms with Gasteiger partial charge in [0, 0.05) is 19.3 Å². The number of carbonyl (C=O) groups is 2. The number of ether oxygens (including phenoxy) is 2. The number of nitrogens with one attached hydrogen (secondary N) is 2. The van der Waals surface area contributed by atoms with Gasteiger partial charge in [0.05, 0.1) is 10.7 Å². The van der Waals surface area contributed by atoms with Gasteiger partial charge in [-0.2, -0.15) is 5.10 Å². The monoisotopic (exact) mass is 483 g/mol. The Morgan fingerprint density at radius 1 is 1.19 bits per heavy atom. The van der Waals surface area contributed by atoms with Gasteiger partial charge in [-0.3, -0.25) is 9.59 Å². The van der Waals surface area contributed by atoms with E-state index in [1.807, 2.05) is 0 Å². The summed E-state index contributed by atoms with van der Waals surface area (Å²) in [5.74, 6) is -2.24. The maximum atomic E-state index is 13.6. The fraction of sp³-hybridized carbons (Fsp3) is 0.158. The second-order valence-electron chi connectivity index (χ2n) is 6.54. The average Bonchev–Trinajstić information content (AvgIpc) is 3.26. The largest absolute Gasteiger partial charge is 0.586 e. The Labute approximate surface area is 189 Å². The molecule has 166 valence electrons. The van der Waals surface area contributed by atoms with Gasteiger partial charge in [0.25, 0.3) is 11.8 Å². The second kappa shape index (κ2) is 7.92. The molecule has 13 heteroatoms. The van der Waals surface area contributed by atoms with Crippen LogP contribution in [0.1, 0.15) is 26.4 Å². The normalized spacial score (nSPS) is 13.7. The van der Waals surface area contributed by atoms with Crippen molar-refractivity contribution in [2.75, 3.05) is 12.4 Å². The number of carbonyl (C=O) groups excluding carboxylic acids is 2. The second-order valence-corrected chi connectivity index (χ2v) is 7.34. The Balaban J connectivity index is 1.79. The number of hydrogen-bond donors (Lipinski definition) is 2. The third-order valence-corrected chi connectivity index (χ3v) is 4.92. The number of aryl methyl sites for hydroxylation is 1. The zero-order valence-corrected chi connectivity index (χ0v) is 17.9. The maximum Gasteiger partial charge on any atom is 0.586 e. The zero-order chi connectivity index (χ0) is 23.2. The summed E-state index contributed by atoms with van der Waals surface area (Å²) in [6, 6.07) is 5.63. The Hall–Kier alpha value is -3.44. The summed E-state index contributed by atoms with van der Waals surface area (Å²) < 4.78 is 37.4. The number of nitrogens with zero attached hydrogens (tertiary/aromatic N) is 3. The lowest BCUT2D eigenvalue weighted by Gasteiger charge is -2.15. The van der Waals surface area contributed by atoms with Crippen LogP contribution in [0.2, 0.25) is 10.2 Å². The third kappa shape index (κ3) is 3.80. The van der Waals surface area contributed by atoms with Gasteiger partial charge in [0.2, 0.25) is 0 Å². The highest BCUT2D eigenvalue weighted by molar-refractivity contribution is 6.32. The van der Waals surface area contributed by atoms with Crippen molar-refractivity contribution in [1.82, 2.24) is 20.1 Å². The molecule has 0 bridgehead atoms. The lowest BCUT2D eigenvalue weighted by atomic mass is 10.0. The summed E-state index contributed by atoms with van der Waals surface area (Å²) in [6.07, 6.45) is -2.51. The molecule has 3 aromatic rings. The number of aromatic nitrogens is 3. The number of amides is 2. The number of alkyl halides is 2. The van der Waals surface area contributed by atoms with Gasteiger partial charge in [-0.1, -0.05) is 23.2 Å². The zero-order valence-electron chi connectivity index (χ0n) is 16.4. The summed E-state index contributed by atoms with van der Waals surface area (Å²) in [4.78, 5) is 29.7. The smallest absolute Gasteiger partial charge is 0.395 e. The predicted molar refractivity (Wildman–Crippen MR) is 110 cm³/mol. The number of fused-ring (bicyclic) bond motifs is 1. The van der Waals surface area contributed by atoms with Gasteiger partial charge < -0.3 is 20.1 Å². The number of benzene rings is 1. The van der Waals surface area contributed by atoms with Crippen LogP contribution in [0.25, 0.3) is 5.82 Å². The average molecular weight is 484 g/mol. The van der Waals surface area contributed by atoms with Crippen molar-refractivity contribution < 1.29 is 27.8 Å². The van der Waals surface area contributed by atoms with Crippen LogP contribution in [0.4, 0.5) is 14.5 Å². The molecule has 4 rings (SSSR count). The molecule has 0 aliphatic carbocycles. The highest BCUT2D eigenvalue weighted by Crippen LogP contribution is 2.47. The summed E-state index contributed by atoms with van der Waals surface area (Å²) in [5.41, 5.74) is -0.197. The lowest BCUT2D eigenvalue weighted by molar-refractivity contribution is -0.286. The van der Waals surface area contributed by atoms with E-state index in [0.717, 1.165) is 4.68 Å². The first-order valence-corrected chi connectivity index (χ1v) is 9.70. The van der Waals surface area contributed by atoms with Crippen LogP contribution in [-0.4, -0.2) is 39.9 Å². The minimum absolute atomic E-state index is 0.0227. The van der Waals surface area contributed by atoms with Crippen LogP contribution in [-0.2, 0) is 0 Å². The fourth-order valence-electron chi connectivity index (χ4n) is 3.10. The van der Waals surface area contributed by atoms with E-state index < -0.39 is 23.9 Å². The summed E-state index contributed by atoms with van der Waals surface area (Å²) in [5, 5.41) is 9.08. The van der Waals surface area contributed by atoms with Crippen LogP contribution in [0, 0.1) is 6.92 Å². The molecule has 0 spiro atoms. The van der Waals surface area contributed by atoms with E-state index in [1.54, 1.807) is 12.1 Å². The Kier molecular flexibility index (Phi) is 5.39. The van der Waals surface area contributed by atoms with E-state index in [4.69, 9.17) is 23.2 Å². The minimum atomic E-state index is -3.96. The molecule has 32 heavy (non-hydrogen) atoms. The van der Waals surface area contributed by atoms with Crippen molar-refractivity contribution in [1.29, 1.82) is 0 Å². The first kappa shape index (κ1) is 21.8. The minimum Gasteiger partial charge on any atom is -0.395 e. The van der Waals surface area contributed by atoms with Crippen LogP contribution >= 0.6 is 23.2 Å². The highest BCUT2D eigenvalue weighted by atomic mass is 35.5. The van der Waals surface area contributed by atoms with Crippen molar-refractivity contribution in [2.24, 2.45) is 0 Å². The molecule has 2 amide bonds. The van der Waals surface area contributed by atoms with Gasteiger partial charge in [0.15, 0.2) is 22.5 Å². The van der Waals surface area contributed by atoms with Crippen LogP contribution in [0.3, 0.4) is 0 Å². The van der Waals surface area contributed by atoms with Crippen LogP contribution < -0.4 is 20.1 Å². The van der Waals surface area contributed by atoms with E-state index in [2.05, 4.69) is 30.2 Å². The maximum absolute atomic E-state index is 13.6. The standard InChI is InChI=1S/C19H13Cl2F2N5O4/c1-8-6-11-15(32-19(22,23)31-11)13(18(30)24-2)14(8)26-17(29)10-7-12(21)27-28(10)16-9(20)4-3-5-25-16/h3-7H,1-2H3,(H,24,30)(H,26,29). The van der Waals surface area contributed by atoms with Crippen LogP contribution in [0.15, 0.2) is 30.5 Å². The third-order valence-electron chi connectivity index (χ3n) is 4.44. The molecule has 3 heterocycles. The SMILES string of the molecule is CNC(=O)c1c(NC(=O)c2cc(Cl)nn2-c2ncccc2Cl)c(C)cc2c1OC(F)(F)O2. The number of halogens is 4. The molecular formula is C19H13Cl2F2N5O4. The number of hydrogen-bond acceptors (Lipinski definition) is 6. The molecule has 0 atom stereocenters. The molecule has 0 saturated carbocycles. The van der Waals surface area contributed by atoms with Gasteiger partial charge in [-0.15, -0.1) is 8.78 Å². The van der Waals surface area contributed by atoms with Gasteiger partial charge >= 0.3 is 6.29 Å². The van der Waals surface area contributed by atoms with Crippen LogP contribution in [0.5, 0.6) is 11.5 Å². The number of pyridine rings is 1. The van der Waals surface area contributed by atoms with E-state index in [0.29, 0.717) is 0 Å². The molecule has 0 saturated heterocycles. The molecule has 1 aliphatic rings. The molecule has 2 aromatic heterocycles. The summed E-state index contributed by atoms with van der Waals surface area (Å²) >= 11 is 12.1. The predicted octanol–water partition coefficient (Wildman–Crippen LogP) is 3.82. The summed E-state index contributed by atoms with van der Waals surface area (Å²) in [6.45, 7) is 1.50. The molecule has 0 fully saturated rings. The van der Waals surface area contributed by atoms with Gasteiger partial charge in [-0.25, -0.2) is 9.67 Å². The van der Waals surface area contributed by atoms with E-state index in [-0.39, 0.29) is 44.3 Å². The van der Waals surface area contributed by atoms with Gasteiger partial charge in [-0.05, 0) is 30.7 Å². The van der Waals surface area contributed by atoms with Crippen molar-refractivity contribution >= 4 is 40.7 Å². The van der Waals surface area contributed by atoms with Gasteiger partial charge in [0.1, 0.15) is 11.3 Å². The van der Waals surface area contributed by atoms with E-state index in [9.17, 15) is 18.4 Å². The molecule has 0 radical (unpaired) electrons. The molecule has 9 nitrogen and oxygen atoms in total. The van der Waals surface area contributed by atoms with Crippen molar-refractivity contribution in [3.63, 3.8) is 0 Å². The topological polar surface area (TPSA) is 107 Å². The van der Waals surface area contributed by atoms with Crippen molar-refractivity contribution in [2.45, 2.75) is 13.2 Å². The number of rotatable bonds is 4. The fourth-order valence-corrected chi connectivity index (χ4v) is 3.48. The first-order valence-electron chi connectivity index (χ1n) is 8.94. The quantitative estimate of drug-likeness (QED) is 0.584. The molecule has 1 aromatic carbocycles. The highest BCUT2D eigenvalue weighted by Gasteiger charge is 2.46. The Morgan fingerprint density at radius 2 is 1.94 bits per heavy atom. The Morgan fingerprint density at radius 3 is 2.62 bits per heavy atom. The lowest BCUT2D eigenvalue weighted by Crippen LogP contribution is -2.27. The first-order chi connectivity index (χ1) is 15.1. The molecule has 1 aliphatic heterocycles. The number of anilines is 1. The Bertz CT molecular complexity index is 1260. The van der Waals surface area contributed by atoms with E-state index >= 15 is 0 Å². The summed E-state index contributed by atoms with van der Waals surface area (Å²) in [7, 11) is 1.30. The van der Waals surface area contributed by atoms with E-state index in [1.165, 1.54) is 32.3 Å². The van der Waals surface area contributed by atoms with Crippen molar-refractivity contribution in [3.05, 3.63) is 57.5 Å². The molecule has 2 N–H and O–H groups in total. The molecule has 0 unspecified atom stereocenters. The van der Waals surface area contributed by atoms with Crippen molar-refractivity contribution in [3.8, 4) is 17.3 Å². The molecular weight excluding hydrogens is 471 g/mol.